The minimum atomic E-state index is -0.295. The van der Waals surface area contributed by atoms with E-state index in [1.807, 2.05) is 42.2 Å². The second-order valence-corrected chi connectivity index (χ2v) is 5.48. The lowest BCUT2D eigenvalue weighted by Gasteiger charge is -2.29. The van der Waals surface area contributed by atoms with Crippen molar-refractivity contribution in [2.24, 2.45) is 0 Å². The molecule has 1 amide bonds. The molecule has 2 rings (SSSR count). The zero-order valence-electron chi connectivity index (χ0n) is 11.8. The Morgan fingerprint density at radius 2 is 1.85 bits per heavy atom. The van der Waals surface area contributed by atoms with Gasteiger partial charge in [0.05, 0.1) is 0 Å². The maximum atomic E-state index is 12.3. The van der Waals surface area contributed by atoms with Crippen molar-refractivity contribution in [1.29, 1.82) is 0 Å². The molecule has 108 valence electrons. The lowest BCUT2D eigenvalue weighted by Crippen LogP contribution is -2.49. The van der Waals surface area contributed by atoms with Crippen LogP contribution in [-0.2, 0) is 4.79 Å². The summed E-state index contributed by atoms with van der Waals surface area (Å²) in [5.74, 6) is 0.127. The predicted molar refractivity (Wildman–Crippen MR) is 85.7 cm³/mol. The molecule has 4 nitrogen and oxygen atoms in total. The van der Waals surface area contributed by atoms with Crippen molar-refractivity contribution in [2.45, 2.75) is 32.2 Å². The number of rotatable bonds is 3. The summed E-state index contributed by atoms with van der Waals surface area (Å²) < 4.78 is 0. The van der Waals surface area contributed by atoms with Crippen molar-refractivity contribution in [3.63, 3.8) is 0 Å². The van der Waals surface area contributed by atoms with Crippen LogP contribution in [0, 0.1) is 0 Å². The number of para-hydroxylation sites is 1. The number of carbonyl (C=O) groups excluding carboxylic acids is 1. The molecule has 1 aliphatic heterocycles. The summed E-state index contributed by atoms with van der Waals surface area (Å²) in [6, 6.07) is 9.40. The van der Waals surface area contributed by atoms with Gasteiger partial charge in [0.15, 0.2) is 5.11 Å². The van der Waals surface area contributed by atoms with Crippen molar-refractivity contribution in [2.75, 3.05) is 18.4 Å². The maximum absolute atomic E-state index is 12.3. The monoisotopic (exact) mass is 291 g/mol. The van der Waals surface area contributed by atoms with Crippen LogP contribution in [0.4, 0.5) is 5.69 Å². The Balaban J connectivity index is 1.82. The molecule has 1 aromatic rings. The smallest absolute Gasteiger partial charge is 0.244 e. The van der Waals surface area contributed by atoms with Gasteiger partial charge >= 0.3 is 0 Å². The molecule has 5 heteroatoms. The summed E-state index contributed by atoms with van der Waals surface area (Å²) >= 11 is 5.24. The Kier molecular flexibility index (Phi) is 5.35. The molecule has 1 saturated heterocycles. The zero-order chi connectivity index (χ0) is 14.4. The molecule has 0 bridgehead atoms. The van der Waals surface area contributed by atoms with Gasteiger partial charge in [0.2, 0.25) is 5.91 Å². The van der Waals surface area contributed by atoms with Crippen molar-refractivity contribution < 1.29 is 4.79 Å². The first-order valence-electron chi connectivity index (χ1n) is 7.08. The van der Waals surface area contributed by atoms with Crippen LogP contribution in [0.25, 0.3) is 0 Å². The van der Waals surface area contributed by atoms with E-state index in [4.69, 9.17) is 12.2 Å². The number of nitrogens with zero attached hydrogens (tertiary/aromatic N) is 1. The fourth-order valence-corrected chi connectivity index (χ4v) is 2.63. The molecule has 1 aromatic carbocycles. The van der Waals surface area contributed by atoms with Crippen LogP contribution in [0.2, 0.25) is 0 Å². The average Bonchev–Trinajstić information content (AvgIpc) is 2.48. The molecule has 1 heterocycles. The van der Waals surface area contributed by atoms with Crippen LogP contribution in [0.3, 0.4) is 0 Å². The van der Waals surface area contributed by atoms with Gasteiger partial charge in [0, 0.05) is 18.8 Å². The van der Waals surface area contributed by atoms with Crippen LogP contribution in [0.5, 0.6) is 0 Å². The van der Waals surface area contributed by atoms with Crippen molar-refractivity contribution >= 4 is 28.9 Å². The number of anilines is 1. The number of amides is 1. The summed E-state index contributed by atoms with van der Waals surface area (Å²) in [7, 11) is 0. The first-order chi connectivity index (χ1) is 9.66. The van der Waals surface area contributed by atoms with Gasteiger partial charge in [-0.2, -0.15) is 0 Å². The highest BCUT2D eigenvalue weighted by atomic mass is 32.1. The third-order valence-electron chi connectivity index (χ3n) is 3.42. The molecule has 20 heavy (non-hydrogen) atoms. The highest BCUT2D eigenvalue weighted by Crippen LogP contribution is 2.10. The van der Waals surface area contributed by atoms with E-state index in [1.165, 1.54) is 6.42 Å². The minimum Gasteiger partial charge on any atom is -0.351 e. The largest absolute Gasteiger partial charge is 0.351 e. The zero-order valence-corrected chi connectivity index (χ0v) is 12.6. The third kappa shape index (κ3) is 4.20. The summed E-state index contributed by atoms with van der Waals surface area (Å²) in [4.78, 5) is 14.2. The van der Waals surface area contributed by atoms with E-state index in [2.05, 4.69) is 10.6 Å². The standard InChI is InChI=1S/C15H21N3OS/c1-12(14(19)18-10-6-3-7-11-18)16-15(20)17-13-8-4-2-5-9-13/h2,4-5,8-9,12H,3,6-7,10-11H2,1H3,(H2,16,17,20). The van der Waals surface area contributed by atoms with Gasteiger partial charge in [-0.05, 0) is 50.5 Å². The first kappa shape index (κ1) is 14.8. The van der Waals surface area contributed by atoms with Crippen LogP contribution in [-0.4, -0.2) is 35.1 Å². The van der Waals surface area contributed by atoms with Crippen molar-refractivity contribution in [3.05, 3.63) is 30.3 Å². The number of nitrogens with one attached hydrogen (secondary N) is 2. The minimum absolute atomic E-state index is 0.127. The van der Waals surface area contributed by atoms with Gasteiger partial charge in [0.1, 0.15) is 6.04 Å². The molecule has 2 N–H and O–H groups in total. The highest BCUT2D eigenvalue weighted by molar-refractivity contribution is 7.80. The summed E-state index contributed by atoms with van der Waals surface area (Å²) in [5, 5.41) is 6.62. The summed E-state index contributed by atoms with van der Waals surface area (Å²) in [5.41, 5.74) is 0.919. The van der Waals surface area contributed by atoms with Crippen LogP contribution >= 0.6 is 12.2 Å². The number of hydrogen-bond donors (Lipinski definition) is 2. The van der Waals surface area contributed by atoms with E-state index in [9.17, 15) is 4.79 Å². The predicted octanol–water partition coefficient (Wildman–Crippen LogP) is 2.37. The fourth-order valence-electron chi connectivity index (χ4n) is 2.34. The van der Waals surface area contributed by atoms with Gasteiger partial charge in [-0.25, -0.2) is 0 Å². The molecular formula is C15H21N3OS. The summed E-state index contributed by atoms with van der Waals surface area (Å²) in [6.07, 6.45) is 3.43. The lowest BCUT2D eigenvalue weighted by atomic mass is 10.1. The van der Waals surface area contributed by atoms with Crippen molar-refractivity contribution in [1.82, 2.24) is 10.2 Å². The number of likely N-dealkylation sites (tertiary alicyclic amines) is 1. The van der Waals surface area contributed by atoms with Crippen LogP contribution in [0.1, 0.15) is 26.2 Å². The molecule has 0 radical (unpaired) electrons. The van der Waals surface area contributed by atoms with E-state index < -0.39 is 0 Å². The molecule has 1 unspecified atom stereocenters. The lowest BCUT2D eigenvalue weighted by molar-refractivity contribution is -0.133. The Hall–Kier alpha value is -1.62. The van der Waals surface area contributed by atoms with E-state index in [1.54, 1.807) is 0 Å². The number of thiocarbonyl (C=S) groups is 1. The Bertz CT molecular complexity index is 457. The van der Waals surface area contributed by atoms with Gasteiger partial charge in [-0.3, -0.25) is 4.79 Å². The summed E-state index contributed by atoms with van der Waals surface area (Å²) in [6.45, 7) is 3.59. The molecule has 0 aromatic heterocycles. The molecule has 1 atom stereocenters. The average molecular weight is 291 g/mol. The first-order valence-corrected chi connectivity index (χ1v) is 7.49. The molecule has 1 aliphatic rings. The topological polar surface area (TPSA) is 44.4 Å². The maximum Gasteiger partial charge on any atom is 0.244 e. The molecule has 1 fully saturated rings. The third-order valence-corrected chi connectivity index (χ3v) is 3.64. The SMILES string of the molecule is CC(NC(=S)Nc1ccccc1)C(=O)N1CCCCC1. The van der Waals surface area contributed by atoms with Gasteiger partial charge in [-0.15, -0.1) is 0 Å². The quantitative estimate of drug-likeness (QED) is 0.839. The van der Waals surface area contributed by atoms with Crippen molar-refractivity contribution in [3.8, 4) is 0 Å². The Morgan fingerprint density at radius 3 is 2.50 bits per heavy atom. The number of piperidine rings is 1. The number of hydrogen-bond acceptors (Lipinski definition) is 2. The van der Waals surface area contributed by atoms with Crippen LogP contribution < -0.4 is 10.6 Å². The van der Waals surface area contributed by atoms with Gasteiger partial charge < -0.3 is 15.5 Å². The molecular weight excluding hydrogens is 270 g/mol. The number of benzene rings is 1. The fraction of sp³-hybridized carbons (Fsp3) is 0.467. The van der Waals surface area contributed by atoms with E-state index in [0.29, 0.717) is 5.11 Å². The van der Waals surface area contributed by atoms with E-state index in [-0.39, 0.29) is 11.9 Å². The van der Waals surface area contributed by atoms with E-state index >= 15 is 0 Å². The number of carbonyl (C=O) groups is 1. The Labute approximate surface area is 125 Å². The second-order valence-electron chi connectivity index (χ2n) is 5.07. The van der Waals surface area contributed by atoms with Crippen LogP contribution in [0.15, 0.2) is 30.3 Å². The highest BCUT2D eigenvalue weighted by Gasteiger charge is 2.22. The second kappa shape index (κ2) is 7.24. The molecule has 0 aliphatic carbocycles. The van der Waals surface area contributed by atoms with Gasteiger partial charge in [0.25, 0.3) is 0 Å². The molecule has 0 saturated carbocycles. The van der Waals surface area contributed by atoms with Gasteiger partial charge in [-0.1, -0.05) is 18.2 Å². The van der Waals surface area contributed by atoms with E-state index in [0.717, 1.165) is 31.6 Å². The Morgan fingerprint density at radius 1 is 1.20 bits per heavy atom. The molecule has 0 spiro atoms. The normalized spacial score (nSPS) is 16.4.